The molecule has 0 aromatic carbocycles. The van der Waals surface area contributed by atoms with Gasteiger partial charge in [0.25, 0.3) is 0 Å². The number of amidine groups is 1. The molecule has 0 fully saturated rings. The van der Waals surface area contributed by atoms with Crippen molar-refractivity contribution >= 4 is 17.2 Å². The molecule has 3 N–H and O–H groups in total. The first-order chi connectivity index (χ1) is 8.02. The van der Waals surface area contributed by atoms with Gasteiger partial charge in [0, 0.05) is 35.3 Å². The van der Waals surface area contributed by atoms with Crippen molar-refractivity contribution in [2.45, 2.75) is 46.2 Å². The molecule has 3 nitrogen and oxygen atoms in total. The van der Waals surface area contributed by atoms with Crippen molar-refractivity contribution in [3.05, 3.63) is 21.9 Å². The first kappa shape index (κ1) is 14.2. The van der Waals surface area contributed by atoms with Crippen LogP contribution in [0.1, 0.15) is 36.9 Å². The number of rotatable bonds is 7. The second kappa shape index (κ2) is 6.77. The highest BCUT2D eigenvalue weighted by Gasteiger charge is 2.11. The standard InChI is InChI=1S/C13H23N3S/c1-4-11-5-6-12(17-11)9-16(10(2)3)8-7-13(14)15/h5-6,10H,4,7-9H2,1-3H3,(H3,14,15). The molecule has 0 aliphatic heterocycles. The zero-order chi connectivity index (χ0) is 12.8. The topological polar surface area (TPSA) is 53.1 Å². The molecule has 1 aromatic heterocycles. The predicted octanol–water partition coefficient (Wildman–Crippen LogP) is 2.85. The predicted molar refractivity (Wildman–Crippen MR) is 75.8 cm³/mol. The van der Waals surface area contributed by atoms with Gasteiger partial charge in [-0.2, -0.15) is 0 Å². The van der Waals surface area contributed by atoms with Gasteiger partial charge >= 0.3 is 0 Å². The van der Waals surface area contributed by atoms with Crippen molar-refractivity contribution in [1.29, 1.82) is 5.41 Å². The first-order valence-electron chi connectivity index (χ1n) is 6.17. The quantitative estimate of drug-likeness (QED) is 0.580. The molecule has 4 heteroatoms. The highest BCUT2D eigenvalue weighted by Crippen LogP contribution is 2.19. The summed E-state index contributed by atoms with van der Waals surface area (Å²) < 4.78 is 0. The Morgan fingerprint density at radius 1 is 1.41 bits per heavy atom. The molecule has 1 rings (SSSR count). The number of nitrogens with two attached hydrogens (primary N) is 1. The molecule has 96 valence electrons. The smallest absolute Gasteiger partial charge is 0.0918 e. The van der Waals surface area contributed by atoms with E-state index in [1.54, 1.807) is 0 Å². The van der Waals surface area contributed by atoms with Gasteiger partial charge in [-0.3, -0.25) is 10.3 Å². The number of hydrogen-bond acceptors (Lipinski definition) is 3. The first-order valence-corrected chi connectivity index (χ1v) is 6.99. The molecule has 0 aliphatic carbocycles. The van der Waals surface area contributed by atoms with Crippen LogP contribution in [0.5, 0.6) is 0 Å². The highest BCUT2D eigenvalue weighted by molar-refractivity contribution is 7.11. The zero-order valence-corrected chi connectivity index (χ0v) is 11.8. The van der Waals surface area contributed by atoms with Crippen LogP contribution in [0.4, 0.5) is 0 Å². The van der Waals surface area contributed by atoms with E-state index < -0.39 is 0 Å². The summed E-state index contributed by atoms with van der Waals surface area (Å²) >= 11 is 1.89. The average molecular weight is 253 g/mol. The second-order valence-electron chi connectivity index (χ2n) is 4.56. The summed E-state index contributed by atoms with van der Waals surface area (Å²) in [5.74, 6) is 0.274. The van der Waals surface area contributed by atoms with E-state index in [1.165, 1.54) is 9.75 Å². The van der Waals surface area contributed by atoms with Crippen LogP contribution in [0.25, 0.3) is 0 Å². The molecule has 0 aliphatic rings. The maximum Gasteiger partial charge on any atom is 0.0918 e. The zero-order valence-electron chi connectivity index (χ0n) is 11.0. The third-order valence-electron chi connectivity index (χ3n) is 2.82. The fourth-order valence-electron chi connectivity index (χ4n) is 1.68. The lowest BCUT2D eigenvalue weighted by molar-refractivity contribution is 0.221. The van der Waals surface area contributed by atoms with Crippen LogP contribution in [0.2, 0.25) is 0 Å². The molecular weight excluding hydrogens is 230 g/mol. The summed E-state index contributed by atoms with van der Waals surface area (Å²) in [6.07, 6.45) is 1.77. The summed E-state index contributed by atoms with van der Waals surface area (Å²) in [6.45, 7) is 8.40. The molecule has 0 atom stereocenters. The van der Waals surface area contributed by atoms with Crippen molar-refractivity contribution in [2.75, 3.05) is 6.54 Å². The molecule has 1 heterocycles. The molecule has 1 aromatic rings. The minimum atomic E-state index is 0.274. The van der Waals surface area contributed by atoms with Crippen LogP contribution in [0, 0.1) is 5.41 Å². The summed E-state index contributed by atoms with van der Waals surface area (Å²) in [6, 6.07) is 4.91. The van der Waals surface area contributed by atoms with Crippen molar-refractivity contribution in [3.8, 4) is 0 Å². The van der Waals surface area contributed by atoms with Crippen LogP contribution in [0.15, 0.2) is 12.1 Å². The Kier molecular flexibility index (Phi) is 5.65. The average Bonchev–Trinajstić information content (AvgIpc) is 2.71. The molecule has 17 heavy (non-hydrogen) atoms. The van der Waals surface area contributed by atoms with Gasteiger partial charge in [0.15, 0.2) is 0 Å². The summed E-state index contributed by atoms with van der Waals surface area (Å²) in [4.78, 5) is 5.21. The highest BCUT2D eigenvalue weighted by atomic mass is 32.1. The molecule has 0 spiro atoms. The third kappa shape index (κ3) is 4.88. The SMILES string of the molecule is CCc1ccc(CN(CCC(=N)N)C(C)C)s1. The second-order valence-corrected chi connectivity index (χ2v) is 5.81. The van der Waals surface area contributed by atoms with Crippen molar-refractivity contribution in [2.24, 2.45) is 5.73 Å². The summed E-state index contributed by atoms with van der Waals surface area (Å²) in [5, 5.41) is 7.30. The summed E-state index contributed by atoms with van der Waals surface area (Å²) in [5.41, 5.74) is 5.42. The Morgan fingerprint density at radius 2 is 2.06 bits per heavy atom. The number of hydrogen-bond donors (Lipinski definition) is 2. The summed E-state index contributed by atoms with van der Waals surface area (Å²) in [7, 11) is 0. The third-order valence-corrected chi connectivity index (χ3v) is 4.04. The van der Waals surface area contributed by atoms with Crippen molar-refractivity contribution in [3.63, 3.8) is 0 Å². The van der Waals surface area contributed by atoms with E-state index in [9.17, 15) is 0 Å². The van der Waals surface area contributed by atoms with Crippen LogP contribution in [-0.2, 0) is 13.0 Å². The molecule has 0 unspecified atom stereocenters. The van der Waals surface area contributed by atoms with Crippen molar-refractivity contribution in [1.82, 2.24) is 4.90 Å². The van der Waals surface area contributed by atoms with E-state index in [-0.39, 0.29) is 5.84 Å². The molecule has 0 bridgehead atoms. The lowest BCUT2D eigenvalue weighted by atomic mass is 10.2. The van der Waals surface area contributed by atoms with Crippen LogP contribution in [-0.4, -0.2) is 23.3 Å². The molecular formula is C13H23N3S. The Hall–Kier alpha value is -0.870. The fourth-order valence-corrected chi connectivity index (χ4v) is 2.67. The van der Waals surface area contributed by atoms with Gasteiger partial charge in [0.05, 0.1) is 5.84 Å². The number of nitrogens with zero attached hydrogens (tertiary/aromatic N) is 1. The molecule has 0 radical (unpaired) electrons. The minimum absolute atomic E-state index is 0.274. The van der Waals surface area contributed by atoms with Gasteiger partial charge in [-0.1, -0.05) is 6.92 Å². The van der Waals surface area contributed by atoms with Crippen LogP contribution in [0.3, 0.4) is 0 Å². The maximum atomic E-state index is 7.30. The molecule has 0 saturated heterocycles. The monoisotopic (exact) mass is 253 g/mol. The minimum Gasteiger partial charge on any atom is -0.388 e. The van der Waals surface area contributed by atoms with E-state index in [1.807, 2.05) is 11.3 Å². The molecule has 0 amide bonds. The van der Waals surface area contributed by atoms with Gasteiger partial charge in [-0.15, -0.1) is 11.3 Å². The number of nitrogens with one attached hydrogen (secondary N) is 1. The van der Waals surface area contributed by atoms with E-state index >= 15 is 0 Å². The normalized spacial score (nSPS) is 11.4. The Morgan fingerprint density at radius 3 is 2.53 bits per heavy atom. The Balaban J connectivity index is 2.56. The van der Waals surface area contributed by atoms with Crippen molar-refractivity contribution < 1.29 is 0 Å². The van der Waals surface area contributed by atoms with E-state index in [2.05, 4.69) is 37.8 Å². The van der Waals surface area contributed by atoms with Gasteiger partial charge in [-0.25, -0.2) is 0 Å². The number of aryl methyl sites for hydroxylation is 1. The Labute approximate surface area is 108 Å². The maximum absolute atomic E-state index is 7.30. The van der Waals surface area contributed by atoms with Gasteiger partial charge in [0.2, 0.25) is 0 Å². The van der Waals surface area contributed by atoms with E-state index in [0.717, 1.165) is 19.5 Å². The van der Waals surface area contributed by atoms with Gasteiger partial charge in [-0.05, 0) is 32.4 Å². The van der Waals surface area contributed by atoms with Crippen LogP contribution >= 0.6 is 11.3 Å². The largest absolute Gasteiger partial charge is 0.388 e. The van der Waals surface area contributed by atoms with E-state index in [4.69, 9.17) is 11.1 Å². The van der Waals surface area contributed by atoms with Gasteiger partial charge in [0.1, 0.15) is 0 Å². The van der Waals surface area contributed by atoms with E-state index in [0.29, 0.717) is 12.5 Å². The van der Waals surface area contributed by atoms with Gasteiger partial charge < -0.3 is 5.73 Å². The number of thiophene rings is 1. The lowest BCUT2D eigenvalue weighted by Gasteiger charge is -2.25. The fraction of sp³-hybridized carbons (Fsp3) is 0.615. The lowest BCUT2D eigenvalue weighted by Crippen LogP contribution is -2.33. The van der Waals surface area contributed by atoms with Crippen LogP contribution < -0.4 is 5.73 Å². The Bertz CT molecular complexity index is 357. The molecule has 0 saturated carbocycles.